The quantitative estimate of drug-likeness (QED) is 0.414. The lowest BCUT2D eigenvalue weighted by Gasteiger charge is -2.11. The predicted molar refractivity (Wildman–Crippen MR) is 77.9 cm³/mol. The summed E-state index contributed by atoms with van der Waals surface area (Å²) in [5, 5.41) is 8.87. The topological polar surface area (TPSA) is 65.5 Å². The van der Waals surface area contributed by atoms with E-state index in [0.717, 1.165) is 12.1 Å². The van der Waals surface area contributed by atoms with Crippen molar-refractivity contribution in [3.05, 3.63) is 35.6 Å². The van der Waals surface area contributed by atoms with E-state index in [2.05, 4.69) is 20.9 Å². The van der Waals surface area contributed by atoms with E-state index in [4.69, 9.17) is 0 Å². The van der Waals surface area contributed by atoms with E-state index in [9.17, 15) is 9.18 Å². The highest BCUT2D eigenvalue weighted by Crippen LogP contribution is 2.04. The van der Waals surface area contributed by atoms with Crippen LogP contribution in [0.2, 0.25) is 0 Å². The van der Waals surface area contributed by atoms with Crippen molar-refractivity contribution in [3.8, 4) is 0 Å². The molecule has 0 bridgehead atoms. The second-order valence-corrected chi connectivity index (χ2v) is 4.23. The second kappa shape index (κ2) is 8.90. The van der Waals surface area contributed by atoms with Gasteiger partial charge in [0.05, 0.1) is 6.54 Å². The van der Waals surface area contributed by atoms with E-state index in [-0.39, 0.29) is 11.7 Å². The van der Waals surface area contributed by atoms with Crippen LogP contribution >= 0.6 is 0 Å². The maximum absolute atomic E-state index is 13.0. The van der Waals surface area contributed by atoms with Crippen LogP contribution in [0.25, 0.3) is 0 Å². The molecule has 20 heavy (non-hydrogen) atoms. The number of hydrogen-bond acceptors (Lipinski definition) is 2. The Balaban J connectivity index is 2.47. The summed E-state index contributed by atoms with van der Waals surface area (Å²) < 4.78 is 13.0. The third kappa shape index (κ3) is 6.72. The van der Waals surface area contributed by atoms with Gasteiger partial charge in [-0.3, -0.25) is 4.79 Å². The highest BCUT2D eigenvalue weighted by Gasteiger charge is 1.98. The molecule has 1 aromatic carbocycles. The second-order valence-electron chi connectivity index (χ2n) is 4.23. The van der Waals surface area contributed by atoms with Crippen molar-refractivity contribution < 1.29 is 9.18 Å². The molecule has 0 saturated heterocycles. The summed E-state index contributed by atoms with van der Waals surface area (Å²) in [6, 6.07) is 6.36. The zero-order valence-electron chi connectivity index (χ0n) is 11.9. The lowest BCUT2D eigenvalue weighted by molar-refractivity contribution is -0.118. The van der Waals surface area contributed by atoms with Gasteiger partial charge in [-0.15, -0.1) is 0 Å². The van der Waals surface area contributed by atoms with E-state index in [1.54, 1.807) is 6.07 Å². The summed E-state index contributed by atoms with van der Waals surface area (Å²) in [6.45, 7) is 5.67. The molecule has 0 fully saturated rings. The molecule has 1 amide bonds. The van der Waals surface area contributed by atoms with Crippen molar-refractivity contribution in [2.75, 3.05) is 19.6 Å². The van der Waals surface area contributed by atoms with Gasteiger partial charge in [0, 0.05) is 26.6 Å². The van der Waals surface area contributed by atoms with E-state index in [1.165, 1.54) is 19.1 Å². The third-order valence-electron chi connectivity index (χ3n) is 2.44. The molecular weight excluding hydrogens is 259 g/mol. The number of nitrogens with one attached hydrogen (secondary N) is 3. The van der Waals surface area contributed by atoms with Gasteiger partial charge in [-0.25, -0.2) is 9.38 Å². The summed E-state index contributed by atoms with van der Waals surface area (Å²) >= 11 is 0. The van der Waals surface area contributed by atoms with E-state index in [0.29, 0.717) is 25.6 Å². The standard InChI is InChI=1S/C14H21FN4O/c1-3-16-14(18-8-7-17-11(2)20)19-10-12-5-4-6-13(15)9-12/h4-6,9H,3,7-8,10H2,1-2H3,(H,17,20)(H2,16,18,19). The Morgan fingerprint density at radius 1 is 1.25 bits per heavy atom. The molecule has 0 aliphatic heterocycles. The zero-order chi connectivity index (χ0) is 14.8. The highest BCUT2D eigenvalue weighted by atomic mass is 19.1. The van der Waals surface area contributed by atoms with Crippen LogP contribution in [0.5, 0.6) is 0 Å². The van der Waals surface area contributed by atoms with Crippen LogP contribution in [-0.2, 0) is 11.3 Å². The first-order valence-electron chi connectivity index (χ1n) is 6.63. The Morgan fingerprint density at radius 3 is 2.65 bits per heavy atom. The Hall–Kier alpha value is -2.11. The number of benzene rings is 1. The summed E-state index contributed by atoms with van der Waals surface area (Å²) in [7, 11) is 0. The molecule has 1 aromatic rings. The zero-order valence-corrected chi connectivity index (χ0v) is 11.9. The predicted octanol–water partition coefficient (Wildman–Crippen LogP) is 1.02. The van der Waals surface area contributed by atoms with Gasteiger partial charge in [-0.1, -0.05) is 12.1 Å². The minimum atomic E-state index is -0.263. The molecule has 0 spiro atoms. The van der Waals surface area contributed by atoms with Gasteiger partial charge in [-0.05, 0) is 24.6 Å². The fraction of sp³-hybridized carbons (Fsp3) is 0.429. The SMILES string of the molecule is CCNC(=NCc1cccc(F)c1)NCCNC(C)=O. The smallest absolute Gasteiger partial charge is 0.216 e. The van der Waals surface area contributed by atoms with Crippen LogP contribution in [0.4, 0.5) is 4.39 Å². The number of carbonyl (C=O) groups excluding carboxylic acids is 1. The van der Waals surface area contributed by atoms with Crippen molar-refractivity contribution in [2.45, 2.75) is 20.4 Å². The Kier molecular flexibility index (Phi) is 7.10. The molecule has 5 nitrogen and oxygen atoms in total. The van der Waals surface area contributed by atoms with E-state index >= 15 is 0 Å². The summed E-state index contributed by atoms with van der Waals surface area (Å²) in [6.07, 6.45) is 0. The van der Waals surface area contributed by atoms with Crippen LogP contribution in [0.15, 0.2) is 29.3 Å². The first kappa shape index (κ1) is 15.9. The molecule has 0 saturated carbocycles. The van der Waals surface area contributed by atoms with E-state index in [1.807, 2.05) is 13.0 Å². The minimum Gasteiger partial charge on any atom is -0.357 e. The van der Waals surface area contributed by atoms with Crippen LogP contribution in [0.3, 0.4) is 0 Å². The van der Waals surface area contributed by atoms with Gasteiger partial charge in [-0.2, -0.15) is 0 Å². The van der Waals surface area contributed by atoms with Gasteiger partial charge >= 0.3 is 0 Å². The first-order valence-corrected chi connectivity index (χ1v) is 6.63. The molecule has 3 N–H and O–H groups in total. The van der Waals surface area contributed by atoms with Crippen LogP contribution in [0, 0.1) is 5.82 Å². The fourth-order valence-electron chi connectivity index (χ4n) is 1.57. The summed E-state index contributed by atoms with van der Waals surface area (Å²) in [5.41, 5.74) is 0.809. The maximum Gasteiger partial charge on any atom is 0.216 e. The van der Waals surface area contributed by atoms with Gasteiger partial charge < -0.3 is 16.0 Å². The first-order chi connectivity index (χ1) is 9.61. The van der Waals surface area contributed by atoms with E-state index < -0.39 is 0 Å². The Bertz CT molecular complexity index is 462. The van der Waals surface area contributed by atoms with Crippen LogP contribution in [-0.4, -0.2) is 31.5 Å². The number of aliphatic imine (C=N–C) groups is 1. The maximum atomic E-state index is 13.0. The molecule has 1 rings (SSSR count). The number of rotatable bonds is 6. The Morgan fingerprint density at radius 2 is 2.00 bits per heavy atom. The summed E-state index contributed by atoms with van der Waals surface area (Å²) in [5.74, 6) is 0.317. The van der Waals surface area contributed by atoms with Crippen molar-refractivity contribution in [1.82, 2.24) is 16.0 Å². The van der Waals surface area contributed by atoms with Crippen molar-refractivity contribution in [3.63, 3.8) is 0 Å². The molecule has 0 atom stereocenters. The molecule has 6 heteroatoms. The monoisotopic (exact) mass is 280 g/mol. The van der Waals surface area contributed by atoms with Crippen molar-refractivity contribution >= 4 is 11.9 Å². The lowest BCUT2D eigenvalue weighted by atomic mass is 10.2. The summed E-state index contributed by atoms with van der Waals surface area (Å²) in [4.78, 5) is 15.1. The number of amides is 1. The molecule has 0 radical (unpaired) electrons. The number of halogens is 1. The van der Waals surface area contributed by atoms with Crippen molar-refractivity contribution in [2.24, 2.45) is 4.99 Å². The number of hydrogen-bond donors (Lipinski definition) is 3. The van der Waals surface area contributed by atoms with Crippen LogP contribution < -0.4 is 16.0 Å². The number of carbonyl (C=O) groups is 1. The lowest BCUT2D eigenvalue weighted by Crippen LogP contribution is -2.41. The molecule has 0 unspecified atom stereocenters. The fourth-order valence-corrected chi connectivity index (χ4v) is 1.57. The molecule has 0 aliphatic carbocycles. The third-order valence-corrected chi connectivity index (χ3v) is 2.44. The molecule has 0 aliphatic rings. The van der Waals surface area contributed by atoms with Crippen LogP contribution in [0.1, 0.15) is 19.4 Å². The Labute approximate surface area is 118 Å². The number of nitrogens with zero attached hydrogens (tertiary/aromatic N) is 1. The molecular formula is C14H21FN4O. The van der Waals surface area contributed by atoms with Gasteiger partial charge in [0.2, 0.25) is 5.91 Å². The largest absolute Gasteiger partial charge is 0.357 e. The van der Waals surface area contributed by atoms with Gasteiger partial charge in [0.1, 0.15) is 5.82 Å². The minimum absolute atomic E-state index is 0.0616. The number of guanidine groups is 1. The van der Waals surface area contributed by atoms with Gasteiger partial charge in [0.15, 0.2) is 5.96 Å². The van der Waals surface area contributed by atoms with Crippen molar-refractivity contribution in [1.29, 1.82) is 0 Å². The molecule has 0 heterocycles. The normalized spacial score (nSPS) is 11.1. The average Bonchev–Trinajstić information content (AvgIpc) is 2.40. The van der Waals surface area contributed by atoms with Gasteiger partial charge in [0.25, 0.3) is 0 Å². The average molecular weight is 280 g/mol. The molecule has 110 valence electrons. The molecule has 0 aromatic heterocycles. The highest BCUT2D eigenvalue weighted by molar-refractivity contribution is 5.79.